The lowest BCUT2D eigenvalue weighted by atomic mass is 10.2. The molecule has 4 aromatic rings. The van der Waals surface area contributed by atoms with Gasteiger partial charge in [-0.05, 0) is 42.6 Å². The normalized spacial score (nSPS) is 11.2. The second-order valence-corrected chi connectivity index (χ2v) is 8.02. The van der Waals surface area contributed by atoms with Crippen LogP contribution in [0.25, 0.3) is 16.2 Å². The van der Waals surface area contributed by atoms with E-state index in [0.29, 0.717) is 13.0 Å². The number of aryl methyl sites for hydroxylation is 1. The number of rotatable bonds is 5. The molecule has 0 radical (unpaired) electrons. The van der Waals surface area contributed by atoms with Crippen molar-refractivity contribution in [3.8, 4) is 11.3 Å². The summed E-state index contributed by atoms with van der Waals surface area (Å²) in [5.74, 6) is -0.239. The van der Waals surface area contributed by atoms with Gasteiger partial charge in [0.25, 0.3) is 0 Å². The van der Waals surface area contributed by atoms with Gasteiger partial charge in [-0.25, -0.2) is 9.37 Å². The van der Waals surface area contributed by atoms with Crippen LogP contribution in [0.4, 0.5) is 4.39 Å². The average Bonchev–Trinajstić information content (AvgIpc) is 3.33. The monoisotopic (exact) mass is 385 g/mol. The number of thiazole rings is 1. The molecule has 0 aliphatic carbocycles. The molecule has 4 nitrogen and oxygen atoms in total. The largest absolute Gasteiger partial charge is 0.351 e. The number of aromatic nitrogens is 2. The Bertz CT molecular complexity index is 1050. The lowest BCUT2D eigenvalue weighted by Crippen LogP contribution is -2.24. The van der Waals surface area contributed by atoms with E-state index in [4.69, 9.17) is 0 Å². The number of benzene rings is 1. The fourth-order valence-corrected chi connectivity index (χ4v) is 4.48. The van der Waals surface area contributed by atoms with Crippen LogP contribution in [0.3, 0.4) is 0 Å². The summed E-state index contributed by atoms with van der Waals surface area (Å²) in [7, 11) is 0. The summed E-state index contributed by atoms with van der Waals surface area (Å²) in [6, 6.07) is 10.2. The smallest absolute Gasteiger partial charge is 0.225 e. The van der Waals surface area contributed by atoms with Crippen LogP contribution < -0.4 is 5.32 Å². The number of hydrogen-bond donors (Lipinski definition) is 1. The summed E-state index contributed by atoms with van der Waals surface area (Å²) in [6.07, 6.45) is 2.36. The van der Waals surface area contributed by atoms with Gasteiger partial charge in [0, 0.05) is 27.2 Å². The third-order valence-electron chi connectivity index (χ3n) is 4.15. The third-order valence-corrected chi connectivity index (χ3v) is 6.19. The molecule has 1 amide bonds. The number of imidazole rings is 1. The minimum absolute atomic E-state index is 0.0184. The molecule has 0 atom stereocenters. The van der Waals surface area contributed by atoms with E-state index in [1.807, 2.05) is 35.0 Å². The quantitative estimate of drug-likeness (QED) is 0.552. The molecule has 132 valence electrons. The Balaban J connectivity index is 1.48. The van der Waals surface area contributed by atoms with Crippen molar-refractivity contribution in [3.05, 3.63) is 69.2 Å². The Morgan fingerprint density at radius 3 is 2.77 bits per heavy atom. The third kappa shape index (κ3) is 3.40. The molecule has 0 saturated heterocycles. The molecule has 0 aliphatic rings. The van der Waals surface area contributed by atoms with Crippen LogP contribution in [0.1, 0.15) is 15.4 Å². The highest BCUT2D eigenvalue weighted by Crippen LogP contribution is 2.27. The molecular weight excluding hydrogens is 369 g/mol. The standard InChI is InChI=1S/C19H16FN3OS2/c1-12-17(10-21-18(24)9-15-3-2-8-25-15)26-19-22-16(11-23(12)19)13-4-6-14(20)7-5-13/h2-8,11H,9-10H2,1H3,(H,21,24). The van der Waals surface area contributed by atoms with Crippen molar-refractivity contribution in [3.63, 3.8) is 0 Å². The van der Waals surface area contributed by atoms with Crippen LogP contribution in [0, 0.1) is 12.7 Å². The van der Waals surface area contributed by atoms with E-state index < -0.39 is 0 Å². The van der Waals surface area contributed by atoms with Gasteiger partial charge < -0.3 is 5.32 Å². The van der Waals surface area contributed by atoms with Crippen LogP contribution in [-0.4, -0.2) is 15.3 Å². The second-order valence-electron chi connectivity index (χ2n) is 5.93. The van der Waals surface area contributed by atoms with Crippen molar-refractivity contribution in [2.24, 2.45) is 0 Å². The van der Waals surface area contributed by atoms with Gasteiger partial charge >= 0.3 is 0 Å². The number of carbonyl (C=O) groups excluding carboxylic acids is 1. The molecule has 0 fully saturated rings. The fourth-order valence-electron chi connectivity index (χ4n) is 2.73. The van der Waals surface area contributed by atoms with Gasteiger partial charge in [-0.15, -0.1) is 11.3 Å². The maximum atomic E-state index is 13.1. The van der Waals surface area contributed by atoms with E-state index in [1.54, 1.807) is 34.8 Å². The Hall–Kier alpha value is -2.51. The lowest BCUT2D eigenvalue weighted by Gasteiger charge is -2.03. The molecule has 1 aromatic carbocycles. The predicted octanol–water partition coefficient (Wildman–Crippen LogP) is 4.43. The summed E-state index contributed by atoms with van der Waals surface area (Å²) < 4.78 is 15.1. The Labute approximate surface area is 158 Å². The molecule has 0 aliphatic heterocycles. The number of nitrogens with one attached hydrogen (secondary N) is 1. The number of halogens is 1. The zero-order valence-corrected chi connectivity index (χ0v) is 15.7. The number of hydrogen-bond acceptors (Lipinski definition) is 4. The molecule has 3 heterocycles. The van der Waals surface area contributed by atoms with Crippen LogP contribution in [0.5, 0.6) is 0 Å². The molecular formula is C19H16FN3OS2. The molecule has 26 heavy (non-hydrogen) atoms. The molecule has 1 N–H and O–H groups in total. The maximum Gasteiger partial charge on any atom is 0.225 e. The SMILES string of the molecule is Cc1c(CNC(=O)Cc2cccs2)sc2nc(-c3ccc(F)cc3)cn12. The highest BCUT2D eigenvalue weighted by molar-refractivity contribution is 7.17. The van der Waals surface area contributed by atoms with Crippen molar-refractivity contribution in [2.45, 2.75) is 19.9 Å². The molecule has 0 saturated carbocycles. The first-order valence-corrected chi connectivity index (χ1v) is 9.82. The van der Waals surface area contributed by atoms with Gasteiger partial charge in [-0.2, -0.15) is 0 Å². The topological polar surface area (TPSA) is 46.4 Å². The number of carbonyl (C=O) groups is 1. The summed E-state index contributed by atoms with van der Waals surface area (Å²) in [5, 5.41) is 4.95. The van der Waals surface area contributed by atoms with Gasteiger partial charge in [0.05, 0.1) is 18.7 Å². The van der Waals surface area contributed by atoms with E-state index >= 15 is 0 Å². The Kier molecular flexibility index (Phi) is 4.57. The van der Waals surface area contributed by atoms with Crippen molar-refractivity contribution >= 4 is 33.5 Å². The summed E-state index contributed by atoms with van der Waals surface area (Å²) >= 11 is 3.14. The van der Waals surface area contributed by atoms with E-state index in [-0.39, 0.29) is 11.7 Å². The molecule has 0 bridgehead atoms. The van der Waals surface area contributed by atoms with Crippen molar-refractivity contribution in [1.29, 1.82) is 0 Å². The number of fused-ring (bicyclic) bond motifs is 1. The van der Waals surface area contributed by atoms with E-state index in [1.165, 1.54) is 12.1 Å². The van der Waals surface area contributed by atoms with Crippen LogP contribution in [-0.2, 0) is 17.8 Å². The first-order chi connectivity index (χ1) is 12.6. The molecule has 3 aromatic heterocycles. The van der Waals surface area contributed by atoms with Gasteiger partial charge in [0.1, 0.15) is 5.82 Å². The number of nitrogens with zero attached hydrogens (tertiary/aromatic N) is 2. The van der Waals surface area contributed by atoms with Gasteiger partial charge in [-0.1, -0.05) is 17.4 Å². The predicted molar refractivity (Wildman–Crippen MR) is 103 cm³/mol. The minimum atomic E-state index is -0.258. The highest BCUT2D eigenvalue weighted by atomic mass is 32.1. The van der Waals surface area contributed by atoms with Crippen molar-refractivity contribution < 1.29 is 9.18 Å². The molecule has 0 spiro atoms. The molecule has 4 rings (SSSR count). The Morgan fingerprint density at radius 2 is 2.08 bits per heavy atom. The summed E-state index contributed by atoms with van der Waals surface area (Å²) in [4.78, 5) is 19.7. The first-order valence-electron chi connectivity index (χ1n) is 8.12. The lowest BCUT2D eigenvalue weighted by molar-refractivity contribution is -0.120. The Morgan fingerprint density at radius 1 is 1.27 bits per heavy atom. The number of thiophene rings is 1. The minimum Gasteiger partial charge on any atom is -0.351 e. The van der Waals surface area contributed by atoms with Crippen LogP contribution in [0.15, 0.2) is 48.0 Å². The van der Waals surface area contributed by atoms with E-state index in [0.717, 1.165) is 31.7 Å². The van der Waals surface area contributed by atoms with Gasteiger partial charge in [0.15, 0.2) is 4.96 Å². The van der Waals surface area contributed by atoms with Gasteiger partial charge in [-0.3, -0.25) is 9.20 Å². The van der Waals surface area contributed by atoms with Crippen LogP contribution >= 0.6 is 22.7 Å². The highest BCUT2D eigenvalue weighted by Gasteiger charge is 2.14. The second kappa shape index (κ2) is 7.01. The van der Waals surface area contributed by atoms with Crippen molar-refractivity contribution in [2.75, 3.05) is 0 Å². The number of amides is 1. The average molecular weight is 385 g/mol. The molecule has 7 heteroatoms. The molecule has 0 unspecified atom stereocenters. The zero-order valence-electron chi connectivity index (χ0n) is 14.0. The van der Waals surface area contributed by atoms with Crippen molar-refractivity contribution in [1.82, 2.24) is 14.7 Å². The zero-order chi connectivity index (χ0) is 18.1. The van der Waals surface area contributed by atoms with E-state index in [2.05, 4.69) is 10.3 Å². The van der Waals surface area contributed by atoms with Gasteiger partial charge in [0.2, 0.25) is 5.91 Å². The van der Waals surface area contributed by atoms with E-state index in [9.17, 15) is 9.18 Å². The first kappa shape index (κ1) is 16.9. The summed E-state index contributed by atoms with van der Waals surface area (Å²) in [5.41, 5.74) is 2.75. The van der Waals surface area contributed by atoms with Crippen LogP contribution in [0.2, 0.25) is 0 Å². The fraction of sp³-hybridized carbons (Fsp3) is 0.158. The summed E-state index contributed by atoms with van der Waals surface area (Å²) in [6.45, 7) is 2.51. The maximum absolute atomic E-state index is 13.1.